The second kappa shape index (κ2) is 8.29. The van der Waals surface area contributed by atoms with E-state index in [0.717, 1.165) is 42.7 Å². The van der Waals surface area contributed by atoms with Crippen LogP contribution >= 0.6 is 11.3 Å². The van der Waals surface area contributed by atoms with Crippen LogP contribution in [0, 0.1) is 5.92 Å². The Kier molecular flexibility index (Phi) is 5.69. The highest BCUT2D eigenvalue weighted by Gasteiger charge is 2.34. The number of aromatic nitrogens is 3. The van der Waals surface area contributed by atoms with Gasteiger partial charge in [-0.1, -0.05) is 0 Å². The molecule has 0 bridgehead atoms. The van der Waals surface area contributed by atoms with Gasteiger partial charge in [0.15, 0.2) is 10.7 Å². The number of halogens is 3. The van der Waals surface area contributed by atoms with E-state index in [1.807, 2.05) is 10.9 Å². The number of hydrogen-bond donors (Lipinski definition) is 1. The predicted octanol–water partition coefficient (Wildman–Crippen LogP) is 4.70. The summed E-state index contributed by atoms with van der Waals surface area (Å²) in [7, 11) is 1.43. The SMILES string of the molecule is COc1cc2nn([C@H]3CC[C@H](C=O)CC3)cc2cc1NC(=O)c1nc(C(F)(F)F)cs1. The molecule has 1 aromatic carbocycles. The molecule has 4 rings (SSSR count). The summed E-state index contributed by atoms with van der Waals surface area (Å²) in [5.74, 6) is -0.312. The number of alkyl halides is 3. The van der Waals surface area contributed by atoms with E-state index in [2.05, 4.69) is 15.4 Å². The van der Waals surface area contributed by atoms with Crippen LogP contribution in [-0.4, -0.2) is 34.1 Å². The molecule has 1 amide bonds. The largest absolute Gasteiger partial charge is 0.494 e. The fraction of sp³-hybridized carbons (Fsp3) is 0.400. The number of carbonyl (C=O) groups is 2. The van der Waals surface area contributed by atoms with E-state index in [1.165, 1.54) is 7.11 Å². The summed E-state index contributed by atoms with van der Waals surface area (Å²) in [6.45, 7) is 0. The molecule has 2 aromatic heterocycles. The van der Waals surface area contributed by atoms with Crippen LogP contribution in [0.4, 0.5) is 18.9 Å². The van der Waals surface area contributed by atoms with Crippen molar-refractivity contribution in [3.8, 4) is 5.75 Å². The number of nitrogens with one attached hydrogen (secondary N) is 1. The average Bonchev–Trinajstić information content (AvgIpc) is 3.40. The molecule has 3 aromatic rings. The third-order valence-electron chi connectivity index (χ3n) is 5.39. The van der Waals surface area contributed by atoms with Gasteiger partial charge in [-0.3, -0.25) is 9.48 Å². The number of carbonyl (C=O) groups excluding carboxylic acids is 2. The van der Waals surface area contributed by atoms with Crippen LogP contribution in [0.2, 0.25) is 0 Å². The van der Waals surface area contributed by atoms with E-state index in [1.54, 1.807) is 12.1 Å². The van der Waals surface area contributed by atoms with Crippen molar-refractivity contribution in [1.82, 2.24) is 14.8 Å². The first kappa shape index (κ1) is 21.3. The Morgan fingerprint density at radius 1 is 1.29 bits per heavy atom. The summed E-state index contributed by atoms with van der Waals surface area (Å²) in [5.41, 5.74) is -0.121. The number of anilines is 1. The van der Waals surface area contributed by atoms with Crippen molar-refractivity contribution in [1.29, 1.82) is 0 Å². The minimum Gasteiger partial charge on any atom is -0.494 e. The van der Waals surface area contributed by atoms with Crippen molar-refractivity contribution in [2.45, 2.75) is 37.9 Å². The lowest BCUT2D eigenvalue weighted by molar-refractivity contribution is -0.140. The first-order valence-electron chi connectivity index (χ1n) is 9.64. The van der Waals surface area contributed by atoms with Gasteiger partial charge >= 0.3 is 6.18 Å². The Labute approximate surface area is 179 Å². The molecule has 0 aliphatic heterocycles. The zero-order chi connectivity index (χ0) is 22.2. The van der Waals surface area contributed by atoms with E-state index < -0.39 is 17.8 Å². The number of aldehydes is 1. The lowest BCUT2D eigenvalue weighted by Crippen LogP contribution is -2.19. The Bertz CT molecular complexity index is 1120. The number of thiazole rings is 1. The highest BCUT2D eigenvalue weighted by molar-refractivity contribution is 7.11. The molecule has 1 aliphatic carbocycles. The van der Waals surface area contributed by atoms with Crippen molar-refractivity contribution >= 4 is 40.1 Å². The van der Waals surface area contributed by atoms with Gasteiger partial charge in [-0.05, 0) is 31.7 Å². The monoisotopic (exact) mass is 452 g/mol. The van der Waals surface area contributed by atoms with Gasteiger partial charge in [-0.15, -0.1) is 11.3 Å². The van der Waals surface area contributed by atoms with Crippen LogP contribution in [-0.2, 0) is 11.0 Å². The van der Waals surface area contributed by atoms with Crippen LogP contribution in [0.1, 0.15) is 47.2 Å². The van der Waals surface area contributed by atoms with E-state index in [9.17, 15) is 22.8 Å². The Hall–Kier alpha value is -2.95. The van der Waals surface area contributed by atoms with E-state index >= 15 is 0 Å². The summed E-state index contributed by atoms with van der Waals surface area (Å²) < 4.78 is 45.4. The van der Waals surface area contributed by atoms with Gasteiger partial charge in [0.1, 0.15) is 12.0 Å². The second-order valence-electron chi connectivity index (χ2n) is 7.41. The predicted molar refractivity (Wildman–Crippen MR) is 108 cm³/mol. The summed E-state index contributed by atoms with van der Waals surface area (Å²) >= 11 is 0.620. The molecule has 1 fully saturated rings. The quantitative estimate of drug-likeness (QED) is 0.567. The maximum absolute atomic E-state index is 12.7. The summed E-state index contributed by atoms with van der Waals surface area (Å²) in [6, 6.07) is 3.52. The van der Waals surface area contributed by atoms with Crippen LogP contribution in [0.25, 0.3) is 10.9 Å². The number of amides is 1. The van der Waals surface area contributed by atoms with Gasteiger partial charge in [0, 0.05) is 28.9 Å². The van der Waals surface area contributed by atoms with Crippen molar-refractivity contribution in [3.63, 3.8) is 0 Å². The van der Waals surface area contributed by atoms with Gasteiger partial charge in [0.2, 0.25) is 0 Å². The summed E-state index contributed by atoms with van der Waals surface area (Å²) in [5, 5.41) is 8.45. The molecule has 1 saturated carbocycles. The number of rotatable bonds is 5. The van der Waals surface area contributed by atoms with Crippen LogP contribution in [0.15, 0.2) is 23.7 Å². The third kappa shape index (κ3) is 4.41. The standard InChI is InChI=1S/C20H19F3N4O3S/c1-30-16-7-14-12(8-27(26-14)13-4-2-11(9-28)3-5-13)6-15(16)24-18(29)19-25-17(10-31-19)20(21,22)23/h6-11,13H,2-5H2,1H3,(H,24,29)/t11-,13-. The zero-order valence-electron chi connectivity index (χ0n) is 16.5. The maximum Gasteiger partial charge on any atom is 0.434 e. The summed E-state index contributed by atoms with van der Waals surface area (Å²) in [6.07, 6.45) is 1.61. The molecule has 0 radical (unpaired) electrons. The van der Waals surface area contributed by atoms with Crippen LogP contribution in [0.5, 0.6) is 5.75 Å². The number of ether oxygens (including phenoxy) is 1. The molecule has 0 saturated heterocycles. The minimum atomic E-state index is -4.61. The van der Waals surface area contributed by atoms with E-state index in [4.69, 9.17) is 4.74 Å². The molecule has 31 heavy (non-hydrogen) atoms. The fourth-order valence-electron chi connectivity index (χ4n) is 3.71. The smallest absolute Gasteiger partial charge is 0.434 e. The van der Waals surface area contributed by atoms with Crippen molar-refractivity contribution in [2.75, 3.05) is 12.4 Å². The molecule has 0 spiro atoms. The maximum atomic E-state index is 12.7. The topological polar surface area (TPSA) is 86.1 Å². The van der Waals surface area contributed by atoms with Crippen LogP contribution < -0.4 is 10.1 Å². The molecular formula is C20H19F3N4O3S. The second-order valence-corrected chi connectivity index (χ2v) is 8.27. The average molecular weight is 452 g/mol. The van der Waals surface area contributed by atoms with Gasteiger partial charge in [0.05, 0.1) is 24.4 Å². The first-order valence-corrected chi connectivity index (χ1v) is 10.5. The van der Waals surface area contributed by atoms with Crippen LogP contribution in [0.3, 0.4) is 0 Å². The number of methoxy groups -OCH3 is 1. The molecule has 0 atom stereocenters. The fourth-order valence-corrected chi connectivity index (χ4v) is 4.43. The Morgan fingerprint density at radius 2 is 2.03 bits per heavy atom. The molecule has 1 aliphatic rings. The van der Waals surface area contributed by atoms with Crippen molar-refractivity contribution in [3.05, 3.63) is 34.4 Å². The molecule has 1 N–H and O–H groups in total. The van der Waals surface area contributed by atoms with Gasteiger partial charge in [0.25, 0.3) is 5.91 Å². The molecule has 0 unspecified atom stereocenters. The first-order chi connectivity index (χ1) is 14.8. The molecule has 11 heteroatoms. The zero-order valence-corrected chi connectivity index (χ0v) is 17.3. The third-order valence-corrected chi connectivity index (χ3v) is 6.23. The molecular weight excluding hydrogens is 433 g/mol. The molecule has 7 nitrogen and oxygen atoms in total. The lowest BCUT2D eigenvalue weighted by Gasteiger charge is -2.25. The number of hydrogen-bond acceptors (Lipinski definition) is 6. The van der Waals surface area contributed by atoms with E-state index in [0.29, 0.717) is 28.3 Å². The summed E-state index contributed by atoms with van der Waals surface area (Å²) in [4.78, 5) is 26.8. The minimum absolute atomic E-state index is 0.104. The number of benzene rings is 1. The van der Waals surface area contributed by atoms with Crippen molar-refractivity contribution in [2.24, 2.45) is 5.92 Å². The van der Waals surface area contributed by atoms with E-state index in [-0.39, 0.29) is 17.0 Å². The van der Waals surface area contributed by atoms with Gasteiger partial charge in [-0.25, -0.2) is 4.98 Å². The lowest BCUT2D eigenvalue weighted by atomic mass is 9.87. The van der Waals surface area contributed by atoms with Crippen molar-refractivity contribution < 1.29 is 27.5 Å². The highest BCUT2D eigenvalue weighted by atomic mass is 32.1. The molecule has 164 valence electrons. The Morgan fingerprint density at radius 3 is 2.65 bits per heavy atom. The number of nitrogens with zero attached hydrogens (tertiary/aromatic N) is 3. The van der Waals surface area contributed by atoms with Gasteiger partial charge in [-0.2, -0.15) is 18.3 Å². The van der Waals surface area contributed by atoms with Gasteiger partial charge < -0.3 is 14.8 Å². The number of fused-ring (bicyclic) bond motifs is 1. The normalized spacial score (nSPS) is 19.4. The highest BCUT2D eigenvalue weighted by Crippen LogP contribution is 2.35. The molecule has 2 heterocycles. The Balaban J connectivity index is 1.57.